The first-order chi connectivity index (χ1) is 7.44. The van der Waals surface area contributed by atoms with E-state index in [-0.39, 0.29) is 11.4 Å². The highest BCUT2D eigenvalue weighted by molar-refractivity contribution is 9.10. The zero-order valence-corrected chi connectivity index (χ0v) is 11.4. The van der Waals surface area contributed by atoms with Gasteiger partial charge in [-0.2, -0.15) is 0 Å². The zero-order valence-electron chi connectivity index (χ0n) is 9.81. The van der Waals surface area contributed by atoms with Gasteiger partial charge in [0.15, 0.2) is 0 Å². The Hall–Kier alpha value is -0.450. The van der Waals surface area contributed by atoms with E-state index in [1.165, 1.54) is 12.1 Å². The molecule has 1 aromatic rings. The molecule has 0 unspecified atom stereocenters. The van der Waals surface area contributed by atoms with Crippen molar-refractivity contribution in [1.82, 2.24) is 5.32 Å². The molecule has 0 saturated heterocycles. The monoisotopic (exact) mass is 289 g/mol. The molecule has 1 aromatic carbocycles. The van der Waals surface area contributed by atoms with E-state index in [0.717, 1.165) is 10.0 Å². The van der Waals surface area contributed by atoms with Crippen LogP contribution in [0.5, 0.6) is 0 Å². The van der Waals surface area contributed by atoms with Crippen molar-refractivity contribution in [3.63, 3.8) is 0 Å². The van der Waals surface area contributed by atoms with Crippen LogP contribution < -0.4 is 5.32 Å². The summed E-state index contributed by atoms with van der Waals surface area (Å²) < 4.78 is 19.2. The number of nitrogens with one attached hydrogen (secondary N) is 1. The SMILES string of the molecule is COC(C)(C)CNCc1cc(F)ccc1Br. The average molecular weight is 290 g/mol. The number of hydrogen-bond acceptors (Lipinski definition) is 2. The van der Waals surface area contributed by atoms with E-state index in [1.807, 2.05) is 13.8 Å². The fraction of sp³-hybridized carbons (Fsp3) is 0.500. The predicted molar refractivity (Wildman–Crippen MR) is 66.9 cm³/mol. The van der Waals surface area contributed by atoms with E-state index in [9.17, 15) is 4.39 Å². The van der Waals surface area contributed by atoms with Crippen molar-refractivity contribution in [2.45, 2.75) is 26.0 Å². The Kier molecular flexibility index (Phi) is 4.89. The lowest BCUT2D eigenvalue weighted by Crippen LogP contribution is -2.36. The highest BCUT2D eigenvalue weighted by atomic mass is 79.9. The van der Waals surface area contributed by atoms with Gasteiger partial charge in [-0.3, -0.25) is 0 Å². The molecule has 90 valence electrons. The number of benzene rings is 1. The average Bonchev–Trinajstić information content (AvgIpc) is 2.23. The Morgan fingerprint density at radius 3 is 2.75 bits per heavy atom. The number of halogens is 2. The normalized spacial score (nSPS) is 11.8. The molecule has 1 N–H and O–H groups in total. The van der Waals surface area contributed by atoms with Gasteiger partial charge in [0.2, 0.25) is 0 Å². The van der Waals surface area contributed by atoms with Crippen molar-refractivity contribution in [3.05, 3.63) is 34.1 Å². The van der Waals surface area contributed by atoms with Gasteiger partial charge in [-0.1, -0.05) is 15.9 Å². The quantitative estimate of drug-likeness (QED) is 0.899. The Balaban J connectivity index is 2.52. The first-order valence-corrected chi connectivity index (χ1v) is 5.94. The third-order valence-corrected chi connectivity index (χ3v) is 3.20. The molecule has 0 fully saturated rings. The van der Waals surface area contributed by atoms with Crippen LogP contribution in [0.25, 0.3) is 0 Å². The van der Waals surface area contributed by atoms with Crippen molar-refractivity contribution in [2.24, 2.45) is 0 Å². The molecule has 16 heavy (non-hydrogen) atoms. The molecule has 1 rings (SSSR count). The maximum absolute atomic E-state index is 13.0. The van der Waals surface area contributed by atoms with Crippen LogP contribution in [-0.4, -0.2) is 19.3 Å². The summed E-state index contributed by atoms with van der Waals surface area (Å²) in [5, 5.41) is 3.24. The summed E-state index contributed by atoms with van der Waals surface area (Å²) in [6.45, 7) is 5.33. The van der Waals surface area contributed by atoms with Crippen molar-refractivity contribution >= 4 is 15.9 Å². The summed E-state index contributed by atoms with van der Waals surface area (Å²) in [4.78, 5) is 0. The molecule has 0 aliphatic rings. The Labute approximate surface area is 104 Å². The maximum Gasteiger partial charge on any atom is 0.123 e. The summed E-state index contributed by atoms with van der Waals surface area (Å²) in [6, 6.07) is 4.68. The van der Waals surface area contributed by atoms with Gasteiger partial charge >= 0.3 is 0 Å². The molecule has 0 atom stereocenters. The molecule has 0 amide bonds. The number of hydrogen-bond donors (Lipinski definition) is 1. The van der Waals surface area contributed by atoms with Crippen molar-refractivity contribution < 1.29 is 9.13 Å². The first kappa shape index (κ1) is 13.6. The Morgan fingerprint density at radius 2 is 2.12 bits per heavy atom. The van der Waals surface area contributed by atoms with Crippen LogP contribution in [0.4, 0.5) is 4.39 Å². The van der Waals surface area contributed by atoms with E-state index in [0.29, 0.717) is 13.1 Å². The first-order valence-electron chi connectivity index (χ1n) is 5.14. The molecular formula is C12H17BrFNO. The van der Waals surface area contributed by atoms with Gasteiger partial charge in [-0.25, -0.2) is 4.39 Å². The topological polar surface area (TPSA) is 21.3 Å². The molecule has 4 heteroatoms. The van der Waals surface area contributed by atoms with Gasteiger partial charge < -0.3 is 10.1 Å². The lowest BCUT2D eigenvalue weighted by molar-refractivity contribution is 0.0230. The fourth-order valence-electron chi connectivity index (χ4n) is 1.25. The number of rotatable bonds is 5. The van der Waals surface area contributed by atoms with Gasteiger partial charge in [0, 0.05) is 24.7 Å². The second-order valence-electron chi connectivity index (χ2n) is 4.30. The Bertz CT molecular complexity index is 355. The minimum Gasteiger partial charge on any atom is -0.377 e. The van der Waals surface area contributed by atoms with Crippen LogP contribution in [-0.2, 0) is 11.3 Å². The van der Waals surface area contributed by atoms with Crippen LogP contribution in [0, 0.1) is 5.82 Å². The Morgan fingerprint density at radius 1 is 1.44 bits per heavy atom. The minimum atomic E-state index is -0.217. The predicted octanol–water partition coefficient (Wildman–Crippen LogP) is 3.10. The summed E-state index contributed by atoms with van der Waals surface area (Å²) in [7, 11) is 1.68. The van der Waals surface area contributed by atoms with E-state index >= 15 is 0 Å². The van der Waals surface area contributed by atoms with E-state index in [4.69, 9.17) is 4.74 Å². The van der Waals surface area contributed by atoms with E-state index in [2.05, 4.69) is 21.2 Å². The van der Waals surface area contributed by atoms with Crippen molar-refractivity contribution in [3.8, 4) is 0 Å². The van der Waals surface area contributed by atoms with Crippen molar-refractivity contribution in [2.75, 3.05) is 13.7 Å². The summed E-state index contributed by atoms with van der Waals surface area (Å²) >= 11 is 3.39. The van der Waals surface area contributed by atoms with E-state index in [1.54, 1.807) is 13.2 Å². The van der Waals surface area contributed by atoms with Crippen LogP contribution in [0.3, 0.4) is 0 Å². The molecule has 0 aliphatic heterocycles. The zero-order chi connectivity index (χ0) is 12.2. The molecule has 0 aromatic heterocycles. The van der Waals surface area contributed by atoms with E-state index < -0.39 is 0 Å². The number of ether oxygens (including phenoxy) is 1. The molecular weight excluding hydrogens is 273 g/mol. The lowest BCUT2D eigenvalue weighted by atomic mass is 10.1. The summed E-state index contributed by atoms with van der Waals surface area (Å²) in [6.07, 6.45) is 0. The fourth-order valence-corrected chi connectivity index (χ4v) is 1.64. The second-order valence-corrected chi connectivity index (χ2v) is 5.16. The third-order valence-electron chi connectivity index (χ3n) is 2.43. The van der Waals surface area contributed by atoms with Crippen LogP contribution in [0.1, 0.15) is 19.4 Å². The summed E-state index contributed by atoms with van der Waals surface area (Å²) in [5.41, 5.74) is 0.701. The lowest BCUT2D eigenvalue weighted by Gasteiger charge is -2.23. The van der Waals surface area contributed by atoms with Gasteiger partial charge in [0.05, 0.1) is 5.60 Å². The molecule has 0 heterocycles. The molecule has 0 spiro atoms. The largest absolute Gasteiger partial charge is 0.377 e. The van der Waals surface area contributed by atoms with Crippen molar-refractivity contribution in [1.29, 1.82) is 0 Å². The van der Waals surface area contributed by atoms with Crippen LogP contribution in [0.15, 0.2) is 22.7 Å². The highest BCUT2D eigenvalue weighted by Crippen LogP contribution is 2.17. The molecule has 0 saturated carbocycles. The third kappa shape index (κ3) is 4.20. The minimum absolute atomic E-state index is 0.209. The smallest absolute Gasteiger partial charge is 0.123 e. The van der Waals surface area contributed by atoms with Gasteiger partial charge in [-0.15, -0.1) is 0 Å². The van der Waals surface area contributed by atoms with Gasteiger partial charge in [0.1, 0.15) is 5.82 Å². The van der Waals surface area contributed by atoms with Crippen LogP contribution in [0.2, 0.25) is 0 Å². The standard InChI is InChI=1S/C12H17BrFNO/c1-12(2,16-3)8-15-7-9-6-10(14)4-5-11(9)13/h4-6,15H,7-8H2,1-3H3. The van der Waals surface area contributed by atoms with Gasteiger partial charge in [-0.05, 0) is 37.6 Å². The van der Waals surface area contributed by atoms with Crippen LogP contribution >= 0.6 is 15.9 Å². The maximum atomic E-state index is 13.0. The summed E-state index contributed by atoms with van der Waals surface area (Å²) in [5.74, 6) is -0.217. The highest BCUT2D eigenvalue weighted by Gasteiger charge is 2.15. The molecule has 2 nitrogen and oxygen atoms in total. The molecule has 0 radical (unpaired) electrons. The molecule has 0 aliphatic carbocycles. The van der Waals surface area contributed by atoms with Gasteiger partial charge in [0.25, 0.3) is 0 Å². The number of methoxy groups -OCH3 is 1. The second kappa shape index (κ2) is 5.75. The molecule has 0 bridgehead atoms.